The highest BCUT2D eigenvalue weighted by Crippen LogP contribution is 2.37. The van der Waals surface area contributed by atoms with Gasteiger partial charge in [0.05, 0.1) is 12.1 Å². The quantitative estimate of drug-likeness (QED) is 0.871. The van der Waals surface area contributed by atoms with Gasteiger partial charge in [0.1, 0.15) is 6.07 Å². The summed E-state index contributed by atoms with van der Waals surface area (Å²) in [7, 11) is 1.54. The Kier molecular flexibility index (Phi) is 5.94. The van der Waals surface area contributed by atoms with E-state index in [0.29, 0.717) is 29.4 Å². The number of hydrogen-bond donors (Lipinski definition) is 1. The van der Waals surface area contributed by atoms with Crippen LogP contribution in [-0.4, -0.2) is 19.3 Å². The largest absolute Gasteiger partial charge is 0.493 e. The van der Waals surface area contributed by atoms with Crippen LogP contribution >= 0.6 is 11.6 Å². The van der Waals surface area contributed by atoms with E-state index in [1.807, 2.05) is 19.9 Å². The third kappa shape index (κ3) is 4.30. The van der Waals surface area contributed by atoms with E-state index >= 15 is 0 Å². The Hall–Kier alpha value is -1.44. The molecule has 0 aromatic heterocycles. The van der Waals surface area contributed by atoms with Crippen LogP contribution in [0.2, 0.25) is 5.02 Å². The number of benzene rings is 1. The summed E-state index contributed by atoms with van der Waals surface area (Å²) in [6.07, 6.45) is 0.745. The highest BCUT2D eigenvalue weighted by molar-refractivity contribution is 6.32. The highest BCUT2D eigenvalue weighted by Gasteiger charge is 2.16. The van der Waals surface area contributed by atoms with Crippen molar-refractivity contribution < 1.29 is 9.47 Å². The normalized spacial score (nSPS) is 13.5. The lowest BCUT2D eigenvalue weighted by molar-refractivity contribution is 0.239. The number of nitrogens with zero attached hydrogens (tertiary/aromatic N) is 1. The number of hydrogen-bond acceptors (Lipinski definition) is 4. The Morgan fingerprint density at radius 2 is 2.16 bits per heavy atom. The van der Waals surface area contributed by atoms with Crippen molar-refractivity contribution in [1.82, 2.24) is 0 Å². The number of halogens is 1. The maximum Gasteiger partial charge on any atom is 0.184 e. The second kappa shape index (κ2) is 7.22. The summed E-state index contributed by atoms with van der Waals surface area (Å²) >= 11 is 6.20. The topological polar surface area (TPSA) is 68.3 Å². The fourth-order valence-electron chi connectivity index (χ4n) is 1.72. The van der Waals surface area contributed by atoms with E-state index in [0.717, 1.165) is 5.56 Å². The molecule has 19 heavy (non-hydrogen) atoms. The van der Waals surface area contributed by atoms with Gasteiger partial charge in [0.25, 0.3) is 0 Å². The Balaban J connectivity index is 3.08. The molecule has 2 unspecified atom stereocenters. The maximum atomic E-state index is 8.94. The van der Waals surface area contributed by atoms with Crippen molar-refractivity contribution >= 4 is 11.6 Å². The zero-order chi connectivity index (χ0) is 14.4. The second-order valence-corrected chi connectivity index (χ2v) is 4.84. The fourth-order valence-corrected chi connectivity index (χ4v) is 2.00. The molecule has 5 heteroatoms. The van der Waals surface area contributed by atoms with Crippen molar-refractivity contribution in [3.05, 3.63) is 22.7 Å². The first-order chi connectivity index (χ1) is 9.01. The SMILES string of the molecule is CCC(C#N)Oc1c(Cl)cc(CC(C)N)cc1OC. The molecule has 104 valence electrons. The Morgan fingerprint density at radius 1 is 1.47 bits per heavy atom. The lowest BCUT2D eigenvalue weighted by Crippen LogP contribution is -2.18. The van der Waals surface area contributed by atoms with E-state index < -0.39 is 6.10 Å². The molecule has 0 saturated carbocycles. The second-order valence-electron chi connectivity index (χ2n) is 4.43. The maximum absolute atomic E-state index is 8.94. The van der Waals surface area contributed by atoms with Crippen molar-refractivity contribution in [2.75, 3.05) is 7.11 Å². The predicted molar refractivity (Wildman–Crippen MR) is 75.7 cm³/mol. The van der Waals surface area contributed by atoms with Crippen LogP contribution < -0.4 is 15.2 Å². The first-order valence-electron chi connectivity index (χ1n) is 6.20. The standard InChI is InChI=1S/C14H19ClN2O2/c1-4-11(8-16)19-14-12(15)6-10(5-9(2)17)7-13(14)18-3/h6-7,9,11H,4-5,17H2,1-3H3. The Bertz CT molecular complexity index is 469. The Morgan fingerprint density at radius 3 is 2.63 bits per heavy atom. The van der Waals surface area contributed by atoms with Gasteiger partial charge < -0.3 is 15.2 Å². The van der Waals surface area contributed by atoms with E-state index in [2.05, 4.69) is 6.07 Å². The highest BCUT2D eigenvalue weighted by atomic mass is 35.5. The van der Waals surface area contributed by atoms with Gasteiger partial charge in [-0.25, -0.2) is 0 Å². The van der Waals surface area contributed by atoms with E-state index in [9.17, 15) is 0 Å². The van der Waals surface area contributed by atoms with Gasteiger partial charge in [-0.05, 0) is 37.5 Å². The molecule has 0 radical (unpaired) electrons. The van der Waals surface area contributed by atoms with Gasteiger partial charge in [0.2, 0.25) is 0 Å². The molecule has 0 aliphatic rings. The fraction of sp³-hybridized carbons (Fsp3) is 0.500. The van der Waals surface area contributed by atoms with Gasteiger partial charge >= 0.3 is 0 Å². The van der Waals surface area contributed by atoms with Gasteiger partial charge in [0, 0.05) is 6.04 Å². The van der Waals surface area contributed by atoms with E-state index in [1.54, 1.807) is 13.2 Å². The van der Waals surface area contributed by atoms with E-state index in [-0.39, 0.29) is 6.04 Å². The van der Waals surface area contributed by atoms with Crippen LogP contribution in [0.15, 0.2) is 12.1 Å². The summed E-state index contributed by atoms with van der Waals surface area (Å²) in [5.74, 6) is 0.933. The third-order valence-corrected chi connectivity index (χ3v) is 2.90. The summed E-state index contributed by atoms with van der Waals surface area (Å²) < 4.78 is 10.9. The molecule has 1 aromatic rings. The van der Waals surface area contributed by atoms with Crippen molar-refractivity contribution in [1.29, 1.82) is 5.26 Å². The number of ether oxygens (including phenoxy) is 2. The molecule has 2 atom stereocenters. The summed E-state index contributed by atoms with van der Waals surface area (Å²) in [6.45, 7) is 3.80. The molecule has 0 amide bonds. The zero-order valence-electron chi connectivity index (χ0n) is 11.4. The van der Waals surface area contributed by atoms with Crippen molar-refractivity contribution in [2.45, 2.75) is 38.8 Å². The van der Waals surface area contributed by atoms with Gasteiger partial charge in [-0.2, -0.15) is 5.26 Å². The molecule has 4 nitrogen and oxygen atoms in total. The van der Waals surface area contributed by atoms with Crippen LogP contribution in [0.1, 0.15) is 25.8 Å². The van der Waals surface area contributed by atoms with E-state index in [1.165, 1.54) is 0 Å². The molecular formula is C14H19ClN2O2. The third-order valence-electron chi connectivity index (χ3n) is 2.62. The monoisotopic (exact) mass is 282 g/mol. The van der Waals surface area contributed by atoms with Crippen LogP contribution in [0.25, 0.3) is 0 Å². The summed E-state index contributed by atoms with van der Waals surface area (Å²) in [5, 5.41) is 9.37. The average molecular weight is 283 g/mol. The predicted octanol–water partition coefficient (Wildman–Crippen LogP) is 2.92. The summed E-state index contributed by atoms with van der Waals surface area (Å²) in [4.78, 5) is 0. The minimum absolute atomic E-state index is 0.0371. The molecule has 0 bridgehead atoms. The van der Waals surface area contributed by atoms with E-state index in [4.69, 9.17) is 32.1 Å². The number of rotatable bonds is 6. The molecule has 2 N–H and O–H groups in total. The molecule has 0 aliphatic heterocycles. The van der Waals surface area contributed by atoms with Gasteiger partial charge in [0.15, 0.2) is 17.6 Å². The zero-order valence-corrected chi connectivity index (χ0v) is 12.2. The van der Waals surface area contributed by atoms with Crippen LogP contribution in [0.4, 0.5) is 0 Å². The van der Waals surface area contributed by atoms with Crippen molar-refractivity contribution in [3.63, 3.8) is 0 Å². The molecule has 0 fully saturated rings. The molecule has 0 spiro atoms. The van der Waals surface area contributed by atoms with Gasteiger partial charge in [-0.15, -0.1) is 0 Å². The first-order valence-corrected chi connectivity index (χ1v) is 6.57. The molecular weight excluding hydrogens is 264 g/mol. The molecule has 0 saturated heterocycles. The van der Waals surface area contributed by atoms with Gasteiger partial charge in [-0.3, -0.25) is 0 Å². The first kappa shape index (κ1) is 15.6. The van der Waals surface area contributed by atoms with Crippen molar-refractivity contribution in [2.24, 2.45) is 5.73 Å². The molecule has 0 heterocycles. The number of nitrogens with two attached hydrogens (primary N) is 1. The Labute approximate surface area is 119 Å². The van der Waals surface area contributed by atoms with Crippen LogP contribution in [0, 0.1) is 11.3 Å². The lowest BCUT2D eigenvalue weighted by atomic mass is 10.1. The molecule has 0 aliphatic carbocycles. The molecule has 1 rings (SSSR count). The van der Waals surface area contributed by atoms with Crippen molar-refractivity contribution in [3.8, 4) is 17.6 Å². The minimum atomic E-state index is -0.536. The number of nitriles is 1. The number of methoxy groups -OCH3 is 1. The van der Waals surface area contributed by atoms with Crippen LogP contribution in [-0.2, 0) is 6.42 Å². The van der Waals surface area contributed by atoms with Gasteiger partial charge in [-0.1, -0.05) is 18.5 Å². The van der Waals surface area contributed by atoms with Crippen LogP contribution in [0.3, 0.4) is 0 Å². The van der Waals surface area contributed by atoms with Crippen LogP contribution in [0.5, 0.6) is 11.5 Å². The summed E-state index contributed by atoms with van der Waals surface area (Å²) in [5.41, 5.74) is 6.75. The lowest BCUT2D eigenvalue weighted by Gasteiger charge is -2.17. The summed E-state index contributed by atoms with van der Waals surface area (Å²) in [6, 6.07) is 5.75. The average Bonchev–Trinajstić information content (AvgIpc) is 2.36. The smallest absolute Gasteiger partial charge is 0.184 e. The minimum Gasteiger partial charge on any atom is -0.493 e. The molecule has 1 aromatic carbocycles.